The lowest BCUT2D eigenvalue weighted by atomic mass is 9.92. The van der Waals surface area contributed by atoms with Crippen molar-refractivity contribution in [1.29, 1.82) is 0 Å². The van der Waals surface area contributed by atoms with E-state index in [1.165, 1.54) is 0 Å². The monoisotopic (exact) mass is 344 g/mol. The summed E-state index contributed by atoms with van der Waals surface area (Å²) in [5.74, 6) is -0.142. The van der Waals surface area contributed by atoms with Crippen molar-refractivity contribution in [2.24, 2.45) is 0 Å². The maximum absolute atomic E-state index is 13.2. The van der Waals surface area contributed by atoms with Gasteiger partial charge in [-0.15, -0.1) is 0 Å². The van der Waals surface area contributed by atoms with Gasteiger partial charge in [0.15, 0.2) is 0 Å². The maximum atomic E-state index is 13.2. The van der Waals surface area contributed by atoms with Crippen LogP contribution in [-0.2, 0) is 16.0 Å². The normalized spacial score (nSPS) is 19.1. The van der Waals surface area contributed by atoms with Crippen molar-refractivity contribution in [2.45, 2.75) is 25.3 Å². The minimum Gasteiger partial charge on any atom is -0.377 e. The summed E-state index contributed by atoms with van der Waals surface area (Å²) in [6, 6.07) is 13.4. The molecule has 0 spiro atoms. The predicted molar refractivity (Wildman–Crippen MR) is 94.1 cm³/mol. The molecule has 2 unspecified atom stereocenters. The van der Waals surface area contributed by atoms with E-state index in [-0.39, 0.29) is 17.9 Å². The standard InChI is InChI=1S/C19H21ClN2O2/c1-14-13-24-11-10-22(14)19(23)18(12-17-4-2-3-9-21-17)15-5-7-16(20)8-6-15/h2-9,14,18H,10-13H2,1H3. The summed E-state index contributed by atoms with van der Waals surface area (Å²) < 4.78 is 5.46. The molecule has 4 nitrogen and oxygen atoms in total. The summed E-state index contributed by atoms with van der Waals surface area (Å²) in [7, 11) is 0. The Balaban J connectivity index is 1.88. The minimum atomic E-state index is -0.266. The molecule has 1 amide bonds. The number of nitrogens with zero attached hydrogens (tertiary/aromatic N) is 2. The van der Waals surface area contributed by atoms with Gasteiger partial charge in [0.05, 0.1) is 25.2 Å². The van der Waals surface area contributed by atoms with Gasteiger partial charge in [-0.1, -0.05) is 29.8 Å². The molecule has 3 rings (SSSR count). The molecule has 1 aliphatic heterocycles. The lowest BCUT2D eigenvalue weighted by Gasteiger charge is -2.36. The van der Waals surface area contributed by atoms with E-state index < -0.39 is 0 Å². The number of amides is 1. The molecule has 0 radical (unpaired) electrons. The molecule has 2 atom stereocenters. The average Bonchev–Trinajstić information content (AvgIpc) is 2.61. The maximum Gasteiger partial charge on any atom is 0.230 e. The van der Waals surface area contributed by atoms with Crippen molar-refractivity contribution in [1.82, 2.24) is 9.88 Å². The third-order valence-electron chi connectivity index (χ3n) is 4.36. The van der Waals surface area contributed by atoms with Crippen LogP contribution in [0.5, 0.6) is 0 Å². The zero-order chi connectivity index (χ0) is 16.9. The number of carbonyl (C=O) groups excluding carboxylic acids is 1. The summed E-state index contributed by atoms with van der Waals surface area (Å²) in [5, 5.41) is 0.669. The first-order chi connectivity index (χ1) is 11.6. The quantitative estimate of drug-likeness (QED) is 0.854. The predicted octanol–water partition coefficient (Wildman–Crippen LogP) is 3.31. The fourth-order valence-electron chi connectivity index (χ4n) is 3.03. The number of pyridine rings is 1. The van der Waals surface area contributed by atoms with E-state index in [0.29, 0.717) is 31.2 Å². The molecular weight excluding hydrogens is 324 g/mol. The topological polar surface area (TPSA) is 42.4 Å². The van der Waals surface area contributed by atoms with Crippen LogP contribution in [0.2, 0.25) is 5.02 Å². The number of morpholine rings is 1. The molecule has 1 aliphatic rings. The van der Waals surface area contributed by atoms with Crippen molar-refractivity contribution < 1.29 is 9.53 Å². The fraction of sp³-hybridized carbons (Fsp3) is 0.368. The second-order valence-corrected chi connectivity index (χ2v) is 6.52. The molecule has 0 saturated carbocycles. The van der Waals surface area contributed by atoms with Crippen LogP contribution in [0.1, 0.15) is 24.1 Å². The highest BCUT2D eigenvalue weighted by Crippen LogP contribution is 2.26. The van der Waals surface area contributed by atoms with E-state index in [2.05, 4.69) is 4.98 Å². The lowest BCUT2D eigenvalue weighted by Crippen LogP contribution is -2.49. The number of hydrogen-bond acceptors (Lipinski definition) is 3. The van der Waals surface area contributed by atoms with E-state index in [1.807, 2.05) is 54.3 Å². The molecule has 0 N–H and O–H groups in total. The van der Waals surface area contributed by atoms with Crippen LogP contribution >= 0.6 is 11.6 Å². The highest BCUT2D eigenvalue weighted by molar-refractivity contribution is 6.30. The Kier molecular flexibility index (Phi) is 5.48. The summed E-state index contributed by atoms with van der Waals surface area (Å²) in [6.45, 7) is 3.83. The van der Waals surface area contributed by atoms with Gasteiger partial charge in [-0.3, -0.25) is 9.78 Å². The lowest BCUT2D eigenvalue weighted by molar-refractivity contribution is -0.140. The number of aromatic nitrogens is 1. The number of rotatable bonds is 4. The van der Waals surface area contributed by atoms with Crippen molar-refractivity contribution in [2.75, 3.05) is 19.8 Å². The van der Waals surface area contributed by atoms with Gasteiger partial charge < -0.3 is 9.64 Å². The van der Waals surface area contributed by atoms with E-state index in [4.69, 9.17) is 16.3 Å². The van der Waals surface area contributed by atoms with Gasteiger partial charge in [0.25, 0.3) is 0 Å². The number of benzene rings is 1. The molecule has 126 valence electrons. The third-order valence-corrected chi connectivity index (χ3v) is 4.61. The molecule has 2 aromatic rings. The first-order valence-corrected chi connectivity index (χ1v) is 8.56. The van der Waals surface area contributed by atoms with Crippen LogP contribution in [0.3, 0.4) is 0 Å². The van der Waals surface area contributed by atoms with Crippen molar-refractivity contribution in [3.63, 3.8) is 0 Å². The Hall–Kier alpha value is -1.91. The summed E-state index contributed by atoms with van der Waals surface area (Å²) in [4.78, 5) is 19.5. The highest BCUT2D eigenvalue weighted by Gasteiger charge is 2.31. The third kappa shape index (κ3) is 3.94. The van der Waals surface area contributed by atoms with E-state index in [0.717, 1.165) is 11.3 Å². The van der Waals surface area contributed by atoms with E-state index in [9.17, 15) is 4.79 Å². The second-order valence-electron chi connectivity index (χ2n) is 6.08. The zero-order valence-electron chi connectivity index (χ0n) is 13.7. The van der Waals surface area contributed by atoms with E-state index >= 15 is 0 Å². The number of carbonyl (C=O) groups is 1. The molecule has 0 aliphatic carbocycles. The summed E-state index contributed by atoms with van der Waals surface area (Å²) in [6.07, 6.45) is 2.33. The Morgan fingerprint density at radius 1 is 1.33 bits per heavy atom. The first-order valence-electron chi connectivity index (χ1n) is 8.19. The van der Waals surface area contributed by atoms with Gasteiger partial charge in [-0.25, -0.2) is 0 Å². The fourth-order valence-corrected chi connectivity index (χ4v) is 3.15. The second kappa shape index (κ2) is 7.77. The largest absolute Gasteiger partial charge is 0.377 e. The van der Waals surface area contributed by atoms with Crippen molar-refractivity contribution >= 4 is 17.5 Å². The SMILES string of the molecule is CC1COCCN1C(=O)C(Cc1ccccn1)c1ccc(Cl)cc1. The van der Waals surface area contributed by atoms with Gasteiger partial charge in [0.1, 0.15) is 0 Å². The number of halogens is 1. The molecule has 2 heterocycles. The van der Waals surface area contributed by atoms with Crippen LogP contribution < -0.4 is 0 Å². The molecular formula is C19H21ClN2O2. The Bertz CT molecular complexity index is 676. The summed E-state index contributed by atoms with van der Waals surface area (Å²) >= 11 is 6.00. The van der Waals surface area contributed by atoms with Crippen LogP contribution in [0, 0.1) is 0 Å². The zero-order valence-corrected chi connectivity index (χ0v) is 14.4. The van der Waals surface area contributed by atoms with Crippen LogP contribution in [0.4, 0.5) is 0 Å². The van der Waals surface area contributed by atoms with Gasteiger partial charge >= 0.3 is 0 Å². The Morgan fingerprint density at radius 3 is 2.79 bits per heavy atom. The highest BCUT2D eigenvalue weighted by atomic mass is 35.5. The van der Waals surface area contributed by atoms with E-state index in [1.54, 1.807) is 6.20 Å². The van der Waals surface area contributed by atoms with Gasteiger partial charge in [0, 0.05) is 29.9 Å². The minimum absolute atomic E-state index is 0.0878. The van der Waals surface area contributed by atoms with Crippen LogP contribution in [0.25, 0.3) is 0 Å². The summed E-state index contributed by atoms with van der Waals surface area (Å²) in [5.41, 5.74) is 1.88. The molecule has 1 aromatic heterocycles. The van der Waals surface area contributed by atoms with Gasteiger partial charge in [-0.05, 0) is 36.8 Å². The number of hydrogen-bond donors (Lipinski definition) is 0. The molecule has 5 heteroatoms. The molecule has 1 saturated heterocycles. The van der Waals surface area contributed by atoms with Gasteiger partial charge in [0.2, 0.25) is 5.91 Å². The first kappa shape index (κ1) is 16.9. The van der Waals surface area contributed by atoms with Gasteiger partial charge in [-0.2, -0.15) is 0 Å². The molecule has 0 bridgehead atoms. The smallest absolute Gasteiger partial charge is 0.230 e. The van der Waals surface area contributed by atoms with Crippen LogP contribution in [0.15, 0.2) is 48.7 Å². The Labute approximate surface area is 147 Å². The molecule has 1 aromatic carbocycles. The molecule has 1 fully saturated rings. The number of ether oxygens (including phenoxy) is 1. The van der Waals surface area contributed by atoms with Crippen molar-refractivity contribution in [3.05, 3.63) is 64.9 Å². The Morgan fingerprint density at radius 2 is 2.12 bits per heavy atom. The average molecular weight is 345 g/mol. The van der Waals surface area contributed by atoms with Crippen molar-refractivity contribution in [3.8, 4) is 0 Å². The van der Waals surface area contributed by atoms with Crippen LogP contribution in [-0.4, -0.2) is 41.6 Å². The molecule has 24 heavy (non-hydrogen) atoms.